The van der Waals surface area contributed by atoms with E-state index in [-0.39, 0.29) is 0 Å². The number of fused-ring (bicyclic) bond motifs is 2. The van der Waals surface area contributed by atoms with Gasteiger partial charge in [0, 0.05) is 25.0 Å². The van der Waals surface area contributed by atoms with E-state index in [0.717, 1.165) is 15.2 Å². The van der Waals surface area contributed by atoms with E-state index in [4.69, 9.17) is 11.6 Å². The molecule has 1 heterocycles. The number of anilines is 3. The van der Waals surface area contributed by atoms with E-state index in [0.29, 0.717) is 0 Å². The molecule has 0 amide bonds. The fourth-order valence-corrected chi connectivity index (χ4v) is 4.58. The standard InChI is InChI=1S/C20H15BrClNS/c1-12-8-17-20(9-13(12)2)24-19-7-6-14(21)10-18(19)23(17)16-5-3-4-15(22)11-16/h3-11H,1-2H3. The molecule has 4 heteroatoms. The van der Waals surface area contributed by atoms with Crippen molar-refractivity contribution >= 4 is 56.4 Å². The summed E-state index contributed by atoms with van der Waals surface area (Å²) in [5, 5.41) is 0.743. The van der Waals surface area contributed by atoms with Crippen LogP contribution in [0, 0.1) is 13.8 Å². The van der Waals surface area contributed by atoms with Crippen molar-refractivity contribution in [3.8, 4) is 0 Å². The van der Waals surface area contributed by atoms with Crippen molar-refractivity contribution in [1.29, 1.82) is 0 Å². The third-order valence-corrected chi connectivity index (χ3v) is 6.10. The number of hydrogen-bond acceptors (Lipinski definition) is 2. The van der Waals surface area contributed by atoms with Gasteiger partial charge in [0.25, 0.3) is 0 Å². The Bertz CT molecular complexity index is 954. The molecule has 3 aromatic carbocycles. The van der Waals surface area contributed by atoms with E-state index >= 15 is 0 Å². The molecule has 120 valence electrons. The molecule has 0 unspecified atom stereocenters. The number of nitrogens with zero attached hydrogens (tertiary/aromatic N) is 1. The lowest BCUT2D eigenvalue weighted by molar-refractivity contribution is 1.14. The quantitative estimate of drug-likeness (QED) is 0.313. The lowest BCUT2D eigenvalue weighted by Crippen LogP contribution is -2.15. The SMILES string of the molecule is Cc1cc2c(cc1C)N(c1cccc(Cl)c1)c1cc(Br)ccc1S2. The third-order valence-electron chi connectivity index (χ3n) is 4.26. The van der Waals surface area contributed by atoms with Crippen LogP contribution in [0.2, 0.25) is 5.02 Å². The molecule has 0 aliphatic carbocycles. The van der Waals surface area contributed by atoms with Gasteiger partial charge in [-0.1, -0.05) is 45.4 Å². The zero-order chi connectivity index (χ0) is 16.8. The number of rotatable bonds is 1. The summed E-state index contributed by atoms with van der Waals surface area (Å²) in [4.78, 5) is 4.81. The summed E-state index contributed by atoms with van der Waals surface area (Å²) in [7, 11) is 0. The van der Waals surface area contributed by atoms with Gasteiger partial charge in [-0.3, -0.25) is 0 Å². The first kappa shape index (κ1) is 16.1. The maximum atomic E-state index is 6.26. The third kappa shape index (κ3) is 2.75. The molecule has 0 radical (unpaired) electrons. The average molecular weight is 417 g/mol. The van der Waals surface area contributed by atoms with Crippen molar-refractivity contribution in [2.75, 3.05) is 4.90 Å². The van der Waals surface area contributed by atoms with Crippen molar-refractivity contribution in [3.63, 3.8) is 0 Å². The lowest BCUT2D eigenvalue weighted by atomic mass is 10.1. The first-order valence-electron chi connectivity index (χ1n) is 7.67. The highest BCUT2D eigenvalue weighted by molar-refractivity contribution is 9.10. The van der Waals surface area contributed by atoms with E-state index in [1.807, 2.05) is 30.0 Å². The van der Waals surface area contributed by atoms with Crippen molar-refractivity contribution < 1.29 is 0 Å². The predicted molar refractivity (Wildman–Crippen MR) is 107 cm³/mol. The first-order chi connectivity index (χ1) is 11.5. The molecule has 0 N–H and O–H groups in total. The summed E-state index contributed by atoms with van der Waals surface area (Å²) < 4.78 is 1.07. The van der Waals surface area contributed by atoms with Gasteiger partial charge in [-0.05, 0) is 73.5 Å². The van der Waals surface area contributed by atoms with E-state index in [9.17, 15) is 0 Å². The molecule has 1 nitrogen and oxygen atoms in total. The minimum atomic E-state index is 0.743. The molecule has 1 aliphatic rings. The zero-order valence-corrected chi connectivity index (χ0v) is 16.5. The van der Waals surface area contributed by atoms with Crippen molar-refractivity contribution in [1.82, 2.24) is 0 Å². The molecule has 3 aromatic rings. The Hall–Kier alpha value is -1.42. The number of aryl methyl sites for hydroxylation is 2. The Labute approximate surface area is 159 Å². The molecule has 24 heavy (non-hydrogen) atoms. The largest absolute Gasteiger partial charge is 0.308 e. The number of hydrogen-bond donors (Lipinski definition) is 0. The molecule has 0 atom stereocenters. The smallest absolute Gasteiger partial charge is 0.0612 e. The Morgan fingerprint density at radius 3 is 2.42 bits per heavy atom. The van der Waals surface area contributed by atoms with Crippen LogP contribution in [0.3, 0.4) is 0 Å². The highest BCUT2D eigenvalue weighted by Gasteiger charge is 2.25. The predicted octanol–water partition coefficient (Wildman–Crippen LogP) is 7.65. The highest BCUT2D eigenvalue weighted by Crippen LogP contribution is 2.52. The summed E-state index contributed by atoms with van der Waals surface area (Å²) in [5.74, 6) is 0. The molecule has 1 aliphatic heterocycles. The van der Waals surface area contributed by atoms with Crippen LogP contribution in [0.25, 0.3) is 0 Å². The summed E-state index contributed by atoms with van der Waals surface area (Å²) in [6.07, 6.45) is 0. The van der Waals surface area contributed by atoms with Gasteiger partial charge in [-0.25, -0.2) is 0 Å². The van der Waals surface area contributed by atoms with Gasteiger partial charge >= 0.3 is 0 Å². The van der Waals surface area contributed by atoms with Gasteiger partial charge < -0.3 is 4.90 Å². The van der Waals surface area contributed by atoms with Gasteiger partial charge in [0.15, 0.2) is 0 Å². The van der Waals surface area contributed by atoms with Crippen LogP contribution in [-0.4, -0.2) is 0 Å². The molecular formula is C20H15BrClNS. The first-order valence-corrected chi connectivity index (χ1v) is 9.66. The average Bonchev–Trinajstić information content (AvgIpc) is 2.54. The maximum absolute atomic E-state index is 6.26. The lowest BCUT2D eigenvalue weighted by Gasteiger charge is -2.33. The Morgan fingerprint density at radius 1 is 0.875 bits per heavy atom. The van der Waals surface area contributed by atoms with E-state index in [1.54, 1.807) is 0 Å². The fraction of sp³-hybridized carbons (Fsp3) is 0.100. The van der Waals surface area contributed by atoms with Gasteiger partial charge in [0.05, 0.1) is 11.4 Å². The highest BCUT2D eigenvalue weighted by atomic mass is 79.9. The molecular weight excluding hydrogens is 402 g/mol. The van der Waals surface area contributed by atoms with Crippen LogP contribution in [0.1, 0.15) is 11.1 Å². The molecule has 0 bridgehead atoms. The minimum Gasteiger partial charge on any atom is -0.308 e. The van der Waals surface area contributed by atoms with Crippen molar-refractivity contribution in [2.24, 2.45) is 0 Å². The normalized spacial score (nSPS) is 12.8. The monoisotopic (exact) mass is 415 g/mol. The second-order valence-electron chi connectivity index (χ2n) is 5.93. The van der Waals surface area contributed by atoms with Crippen LogP contribution in [-0.2, 0) is 0 Å². The van der Waals surface area contributed by atoms with E-state index < -0.39 is 0 Å². The second-order valence-corrected chi connectivity index (χ2v) is 8.37. The van der Waals surface area contributed by atoms with Gasteiger partial charge in [0.1, 0.15) is 0 Å². The Kier molecular flexibility index (Phi) is 4.11. The Morgan fingerprint density at radius 2 is 1.62 bits per heavy atom. The van der Waals surface area contributed by atoms with Crippen LogP contribution < -0.4 is 4.90 Å². The van der Waals surface area contributed by atoms with Crippen LogP contribution in [0.15, 0.2) is 68.9 Å². The van der Waals surface area contributed by atoms with Gasteiger partial charge in [-0.15, -0.1) is 0 Å². The maximum Gasteiger partial charge on any atom is 0.0612 e. The number of benzene rings is 3. The molecule has 0 fully saturated rings. The van der Waals surface area contributed by atoms with Gasteiger partial charge in [-0.2, -0.15) is 0 Å². The van der Waals surface area contributed by atoms with Crippen LogP contribution in [0.4, 0.5) is 17.1 Å². The molecule has 0 saturated heterocycles. The summed E-state index contributed by atoms with van der Waals surface area (Å²) >= 11 is 11.7. The van der Waals surface area contributed by atoms with Crippen molar-refractivity contribution in [2.45, 2.75) is 23.6 Å². The minimum absolute atomic E-state index is 0.743. The van der Waals surface area contributed by atoms with Crippen molar-refractivity contribution in [3.05, 3.63) is 75.2 Å². The molecule has 0 saturated carbocycles. The summed E-state index contributed by atoms with van der Waals surface area (Å²) in [6.45, 7) is 4.32. The van der Waals surface area contributed by atoms with Gasteiger partial charge in [0.2, 0.25) is 0 Å². The molecule has 0 aromatic heterocycles. The van der Waals surface area contributed by atoms with E-state index in [2.05, 4.69) is 71.1 Å². The second kappa shape index (κ2) is 6.14. The number of halogens is 2. The fourth-order valence-electron chi connectivity index (χ4n) is 2.92. The Balaban J connectivity index is 2.00. The van der Waals surface area contributed by atoms with E-state index in [1.165, 1.54) is 32.3 Å². The topological polar surface area (TPSA) is 3.24 Å². The summed E-state index contributed by atoms with van der Waals surface area (Å²) in [5.41, 5.74) is 6.06. The van der Waals surface area contributed by atoms with Crippen LogP contribution >= 0.6 is 39.3 Å². The van der Waals surface area contributed by atoms with Crippen LogP contribution in [0.5, 0.6) is 0 Å². The molecule has 4 rings (SSSR count). The zero-order valence-electron chi connectivity index (χ0n) is 13.3. The summed E-state index contributed by atoms with van der Waals surface area (Å²) in [6, 6.07) is 19.0. The molecule has 0 spiro atoms.